The lowest BCUT2D eigenvalue weighted by atomic mass is 9.81. The maximum absolute atomic E-state index is 13.0. The molecule has 0 saturated heterocycles. The minimum Gasteiger partial charge on any atom is -0.377 e. The highest BCUT2D eigenvalue weighted by atomic mass is 16.1. The lowest BCUT2D eigenvalue weighted by Crippen LogP contribution is -2.24. The second kappa shape index (κ2) is 4.78. The van der Waals surface area contributed by atoms with E-state index in [0.717, 1.165) is 16.5 Å². The molecule has 23 heavy (non-hydrogen) atoms. The molecule has 0 aliphatic heterocycles. The molecule has 0 saturated carbocycles. The van der Waals surface area contributed by atoms with Gasteiger partial charge in [-0.1, -0.05) is 48.5 Å². The second-order valence-corrected chi connectivity index (χ2v) is 5.97. The highest BCUT2D eigenvalue weighted by Gasteiger charge is 2.33. The third-order valence-electron chi connectivity index (χ3n) is 4.36. The van der Waals surface area contributed by atoms with Crippen LogP contribution in [-0.4, -0.2) is 25.7 Å². The largest absolute Gasteiger partial charge is 0.377 e. The summed E-state index contributed by atoms with van der Waals surface area (Å²) in [5.41, 5.74) is 2.80. The van der Waals surface area contributed by atoms with Crippen molar-refractivity contribution >= 4 is 28.0 Å². The third kappa shape index (κ3) is 1.83. The number of hydrogen-bond donors (Lipinski definition) is 0. The first kappa shape index (κ1) is 13.7. The van der Waals surface area contributed by atoms with Crippen LogP contribution in [-0.2, 0) is 0 Å². The predicted molar refractivity (Wildman–Crippen MR) is 91.6 cm³/mol. The smallest absolute Gasteiger partial charge is 0.196 e. The first-order chi connectivity index (χ1) is 11.1. The first-order valence-electron chi connectivity index (χ1n) is 7.51. The van der Waals surface area contributed by atoms with Gasteiger partial charge in [0.1, 0.15) is 0 Å². The Morgan fingerprint density at radius 1 is 0.739 bits per heavy atom. The summed E-state index contributed by atoms with van der Waals surface area (Å²) in [5, 5.41) is 1.95. The van der Waals surface area contributed by atoms with Crippen molar-refractivity contribution in [2.45, 2.75) is 0 Å². The normalized spacial score (nSPS) is 13.0. The maximum atomic E-state index is 13.0. The van der Waals surface area contributed by atoms with Gasteiger partial charge in [0, 0.05) is 36.2 Å². The van der Waals surface area contributed by atoms with Crippen molar-refractivity contribution in [1.82, 2.24) is 0 Å². The van der Waals surface area contributed by atoms with Crippen LogP contribution >= 0.6 is 0 Å². The average molecular weight is 301 g/mol. The highest BCUT2D eigenvalue weighted by Crippen LogP contribution is 2.38. The Morgan fingerprint density at radius 3 is 2.04 bits per heavy atom. The summed E-state index contributed by atoms with van der Waals surface area (Å²) in [4.78, 5) is 27.9. The van der Waals surface area contributed by atoms with Crippen LogP contribution in [0.2, 0.25) is 0 Å². The van der Waals surface area contributed by atoms with Crippen molar-refractivity contribution < 1.29 is 9.59 Å². The molecular formula is C20H15NO2. The number of benzene rings is 3. The first-order valence-corrected chi connectivity index (χ1v) is 7.51. The van der Waals surface area contributed by atoms with Crippen LogP contribution in [0.15, 0.2) is 54.6 Å². The van der Waals surface area contributed by atoms with E-state index in [-0.39, 0.29) is 11.6 Å². The molecule has 0 atom stereocenters. The van der Waals surface area contributed by atoms with Crippen LogP contribution < -0.4 is 4.90 Å². The van der Waals surface area contributed by atoms with E-state index in [1.807, 2.05) is 49.3 Å². The number of hydrogen-bond acceptors (Lipinski definition) is 3. The Kier molecular flexibility index (Phi) is 2.85. The van der Waals surface area contributed by atoms with E-state index in [0.29, 0.717) is 22.3 Å². The molecule has 3 nitrogen and oxygen atoms in total. The van der Waals surface area contributed by atoms with Gasteiger partial charge >= 0.3 is 0 Å². The number of fused-ring (bicyclic) bond motifs is 3. The molecule has 0 fully saturated rings. The van der Waals surface area contributed by atoms with Crippen molar-refractivity contribution in [1.29, 1.82) is 0 Å². The second-order valence-electron chi connectivity index (χ2n) is 5.97. The third-order valence-corrected chi connectivity index (χ3v) is 4.36. The van der Waals surface area contributed by atoms with Crippen LogP contribution in [0.5, 0.6) is 0 Å². The van der Waals surface area contributed by atoms with Crippen LogP contribution in [0.25, 0.3) is 10.8 Å². The topological polar surface area (TPSA) is 37.4 Å². The lowest BCUT2D eigenvalue weighted by Gasteiger charge is -2.25. The maximum Gasteiger partial charge on any atom is 0.196 e. The van der Waals surface area contributed by atoms with Crippen molar-refractivity contribution in [3.05, 3.63) is 76.9 Å². The average Bonchev–Trinajstić information content (AvgIpc) is 2.57. The standard InChI is InChI=1S/C20H15NO2/c1-21(2)18-13-8-4-3-7-12(13)11-16-17(18)20(23)15-10-6-5-9-14(15)19(16)22/h3-11H,1-2H3. The van der Waals surface area contributed by atoms with E-state index in [1.165, 1.54) is 0 Å². The van der Waals surface area contributed by atoms with Gasteiger partial charge in [-0.25, -0.2) is 0 Å². The predicted octanol–water partition coefficient (Wildman–Crippen LogP) is 3.68. The van der Waals surface area contributed by atoms with E-state index in [4.69, 9.17) is 0 Å². The van der Waals surface area contributed by atoms with Crippen molar-refractivity contribution in [3.63, 3.8) is 0 Å². The Hall–Kier alpha value is -2.94. The molecule has 0 radical (unpaired) electrons. The van der Waals surface area contributed by atoms with Gasteiger partial charge in [0.15, 0.2) is 11.6 Å². The van der Waals surface area contributed by atoms with Gasteiger partial charge < -0.3 is 4.90 Å². The monoisotopic (exact) mass is 301 g/mol. The van der Waals surface area contributed by atoms with Crippen LogP contribution in [0.1, 0.15) is 31.8 Å². The fourth-order valence-electron chi connectivity index (χ4n) is 3.36. The molecule has 4 rings (SSSR count). The van der Waals surface area contributed by atoms with E-state index in [2.05, 4.69) is 0 Å². The summed E-state index contributed by atoms with van der Waals surface area (Å²) in [6, 6.07) is 16.7. The minimum atomic E-state index is -0.0796. The van der Waals surface area contributed by atoms with Crippen molar-refractivity contribution in [2.75, 3.05) is 19.0 Å². The summed E-state index contributed by atoms with van der Waals surface area (Å²) in [7, 11) is 3.81. The molecule has 3 aromatic carbocycles. The zero-order valence-electron chi connectivity index (χ0n) is 13.0. The van der Waals surface area contributed by atoms with Crippen molar-refractivity contribution in [2.24, 2.45) is 0 Å². The van der Waals surface area contributed by atoms with Gasteiger partial charge in [-0.2, -0.15) is 0 Å². The van der Waals surface area contributed by atoms with E-state index in [9.17, 15) is 9.59 Å². The molecule has 0 heterocycles. The summed E-state index contributed by atoms with van der Waals surface area (Å²) in [6.45, 7) is 0. The SMILES string of the molecule is CN(C)c1c2c(cc3ccccc13)C(=O)c1ccccc1C2=O. The Labute approximate surface area is 134 Å². The zero-order valence-corrected chi connectivity index (χ0v) is 13.0. The number of carbonyl (C=O) groups is 2. The summed E-state index contributed by atoms with van der Waals surface area (Å²) in [5.74, 6) is -0.159. The Bertz CT molecular complexity index is 986. The van der Waals surface area contributed by atoms with E-state index in [1.54, 1.807) is 24.3 Å². The molecule has 0 amide bonds. The molecule has 3 aromatic rings. The molecule has 1 aliphatic carbocycles. The molecule has 0 spiro atoms. The molecule has 0 unspecified atom stereocenters. The van der Waals surface area contributed by atoms with Gasteiger partial charge in [-0.3, -0.25) is 9.59 Å². The number of ketones is 2. The molecule has 3 heteroatoms. The Balaban J connectivity index is 2.16. The van der Waals surface area contributed by atoms with E-state index < -0.39 is 0 Å². The van der Waals surface area contributed by atoms with Gasteiger partial charge in [0.25, 0.3) is 0 Å². The van der Waals surface area contributed by atoms with Crippen molar-refractivity contribution in [3.8, 4) is 0 Å². The number of carbonyl (C=O) groups excluding carboxylic acids is 2. The quantitative estimate of drug-likeness (QED) is 0.538. The molecule has 112 valence electrons. The number of anilines is 1. The van der Waals surface area contributed by atoms with Gasteiger partial charge in [-0.15, -0.1) is 0 Å². The van der Waals surface area contributed by atoms with Gasteiger partial charge in [0.2, 0.25) is 0 Å². The van der Waals surface area contributed by atoms with Crippen LogP contribution in [0.4, 0.5) is 5.69 Å². The summed E-state index contributed by atoms with van der Waals surface area (Å²) in [6.07, 6.45) is 0. The summed E-state index contributed by atoms with van der Waals surface area (Å²) >= 11 is 0. The molecular weight excluding hydrogens is 286 g/mol. The Morgan fingerprint density at radius 2 is 1.35 bits per heavy atom. The van der Waals surface area contributed by atoms with E-state index >= 15 is 0 Å². The molecule has 0 N–H and O–H groups in total. The molecule has 1 aliphatic rings. The fourth-order valence-corrected chi connectivity index (χ4v) is 3.36. The van der Waals surface area contributed by atoms with Crippen LogP contribution in [0.3, 0.4) is 0 Å². The lowest BCUT2D eigenvalue weighted by molar-refractivity contribution is 0.0979. The van der Waals surface area contributed by atoms with Gasteiger partial charge in [-0.05, 0) is 11.5 Å². The fraction of sp³-hybridized carbons (Fsp3) is 0.100. The van der Waals surface area contributed by atoms with Gasteiger partial charge in [0.05, 0.1) is 11.3 Å². The number of nitrogens with zero attached hydrogens (tertiary/aromatic N) is 1. The number of rotatable bonds is 1. The zero-order chi connectivity index (χ0) is 16.1. The highest BCUT2D eigenvalue weighted by molar-refractivity contribution is 6.32. The van der Waals surface area contributed by atoms with Crippen LogP contribution in [0, 0.1) is 0 Å². The minimum absolute atomic E-state index is 0.0790. The molecule has 0 aromatic heterocycles. The summed E-state index contributed by atoms with van der Waals surface area (Å²) < 4.78 is 0. The molecule has 0 bridgehead atoms.